The van der Waals surface area contributed by atoms with Gasteiger partial charge in [0.25, 0.3) is 0 Å². The summed E-state index contributed by atoms with van der Waals surface area (Å²) >= 11 is 0. The van der Waals surface area contributed by atoms with Crippen LogP contribution in [0, 0.1) is 5.92 Å². The summed E-state index contributed by atoms with van der Waals surface area (Å²) in [6.07, 6.45) is 0.633. The van der Waals surface area contributed by atoms with Gasteiger partial charge < -0.3 is 16.2 Å². The van der Waals surface area contributed by atoms with E-state index in [9.17, 15) is 9.90 Å². The molecule has 19 heavy (non-hydrogen) atoms. The third-order valence-electron chi connectivity index (χ3n) is 2.93. The number of nitrogens with one attached hydrogen (secondary N) is 1. The quantitative estimate of drug-likeness (QED) is 0.730. The maximum atomic E-state index is 11.9. The van der Waals surface area contributed by atoms with Crippen molar-refractivity contribution in [1.82, 2.24) is 5.32 Å². The molecule has 0 saturated heterocycles. The highest BCUT2D eigenvalue weighted by molar-refractivity contribution is 5.82. The van der Waals surface area contributed by atoms with Gasteiger partial charge in [-0.2, -0.15) is 0 Å². The first-order chi connectivity index (χ1) is 8.82. The lowest BCUT2D eigenvalue weighted by Crippen LogP contribution is -2.44. The van der Waals surface area contributed by atoms with Gasteiger partial charge in [-0.3, -0.25) is 4.79 Å². The lowest BCUT2D eigenvalue weighted by atomic mass is 9.94. The Kier molecular flexibility index (Phi) is 5.51. The predicted molar refractivity (Wildman–Crippen MR) is 76.5 cm³/mol. The van der Waals surface area contributed by atoms with Crippen LogP contribution in [0.3, 0.4) is 0 Å². The van der Waals surface area contributed by atoms with E-state index in [4.69, 9.17) is 5.73 Å². The fraction of sp³-hybridized carbons (Fsp3) is 0.533. The van der Waals surface area contributed by atoms with Gasteiger partial charge in [0.05, 0.1) is 5.60 Å². The van der Waals surface area contributed by atoms with Crippen LogP contribution in [0.2, 0.25) is 0 Å². The van der Waals surface area contributed by atoms with Gasteiger partial charge in [0.1, 0.15) is 6.04 Å². The van der Waals surface area contributed by atoms with Crippen molar-refractivity contribution in [3.05, 3.63) is 35.9 Å². The standard InChI is InChI=1S/C15H24N2O2/c1-11(2)9-15(3,19)10-17-14(18)13(16)12-7-5-4-6-8-12/h4-8,11,13,19H,9-10,16H2,1-3H3,(H,17,18)/t13-,15?/m0/s1. The molecular formula is C15H24N2O2. The van der Waals surface area contributed by atoms with Gasteiger partial charge >= 0.3 is 0 Å². The molecule has 0 fully saturated rings. The van der Waals surface area contributed by atoms with Crippen molar-refractivity contribution < 1.29 is 9.90 Å². The molecule has 106 valence electrons. The summed E-state index contributed by atoms with van der Waals surface area (Å²) in [5.74, 6) is 0.102. The number of hydrogen-bond donors (Lipinski definition) is 3. The Morgan fingerprint density at radius 3 is 2.47 bits per heavy atom. The Bertz CT molecular complexity index is 402. The minimum absolute atomic E-state index is 0.213. The minimum Gasteiger partial charge on any atom is -0.388 e. The van der Waals surface area contributed by atoms with Crippen molar-refractivity contribution in [3.8, 4) is 0 Å². The summed E-state index contributed by atoms with van der Waals surface area (Å²) in [5, 5.41) is 12.8. The summed E-state index contributed by atoms with van der Waals surface area (Å²) in [6.45, 7) is 6.00. The van der Waals surface area contributed by atoms with Crippen LogP contribution in [-0.2, 0) is 4.79 Å². The zero-order valence-corrected chi connectivity index (χ0v) is 11.9. The molecule has 0 aliphatic heterocycles. The molecule has 0 bridgehead atoms. The number of amides is 1. The average molecular weight is 264 g/mol. The topological polar surface area (TPSA) is 75.3 Å². The summed E-state index contributed by atoms with van der Waals surface area (Å²) in [6, 6.07) is 8.50. The molecular weight excluding hydrogens is 240 g/mol. The molecule has 1 aromatic carbocycles. The van der Waals surface area contributed by atoms with Crippen molar-refractivity contribution >= 4 is 5.91 Å². The molecule has 0 saturated carbocycles. The normalized spacial score (nSPS) is 15.9. The molecule has 1 amide bonds. The van der Waals surface area contributed by atoms with E-state index in [0.29, 0.717) is 12.3 Å². The van der Waals surface area contributed by atoms with Crippen molar-refractivity contribution in [3.63, 3.8) is 0 Å². The van der Waals surface area contributed by atoms with Crippen LogP contribution in [0.5, 0.6) is 0 Å². The second kappa shape index (κ2) is 6.68. The van der Waals surface area contributed by atoms with Crippen LogP contribution < -0.4 is 11.1 Å². The zero-order valence-electron chi connectivity index (χ0n) is 11.9. The van der Waals surface area contributed by atoms with E-state index in [0.717, 1.165) is 5.56 Å². The molecule has 1 rings (SSSR count). The van der Waals surface area contributed by atoms with Gasteiger partial charge in [0.15, 0.2) is 0 Å². The number of hydrogen-bond acceptors (Lipinski definition) is 3. The van der Waals surface area contributed by atoms with Crippen LogP contribution in [-0.4, -0.2) is 23.2 Å². The first kappa shape index (κ1) is 15.7. The lowest BCUT2D eigenvalue weighted by molar-refractivity contribution is -0.123. The van der Waals surface area contributed by atoms with Crippen LogP contribution in [0.4, 0.5) is 0 Å². The maximum Gasteiger partial charge on any atom is 0.241 e. The Hall–Kier alpha value is -1.39. The Morgan fingerprint density at radius 1 is 1.37 bits per heavy atom. The molecule has 0 aromatic heterocycles. The van der Waals surface area contributed by atoms with E-state index in [1.54, 1.807) is 6.92 Å². The maximum absolute atomic E-state index is 11.9. The number of carbonyl (C=O) groups is 1. The summed E-state index contributed by atoms with van der Waals surface area (Å²) < 4.78 is 0. The Labute approximate surface area is 115 Å². The Morgan fingerprint density at radius 2 is 1.95 bits per heavy atom. The third-order valence-corrected chi connectivity index (χ3v) is 2.93. The van der Waals surface area contributed by atoms with Crippen molar-refractivity contribution in [2.45, 2.75) is 38.8 Å². The van der Waals surface area contributed by atoms with E-state index in [1.807, 2.05) is 44.2 Å². The molecule has 0 spiro atoms. The number of aliphatic hydroxyl groups is 1. The van der Waals surface area contributed by atoms with Gasteiger partial charge in [-0.25, -0.2) is 0 Å². The fourth-order valence-electron chi connectivity index (χ4n) is 2.15. The van der Waals surface area contributed by atoms with Gasteiger partial charge in [0, 0.05) is 6.54 Å². The summed E-state index contributed by atoms with van der Waals surface area (Å²) in [4.78, 5) is 11.9. The van der Waals surface area contributed by atoms with Crippen LogP contribution in [0.25, 0.3) is 0 Å². The zero-order chi connectivity index (χ0) is 14.5. The molecule has 0 aliphatic carbocycles. The SMILES string of the molecule is CC(C)CC(C)(O)CNC(=O)[C@@H](N)c1ccccc1. The molecule has 4 heteroatoms. The second-order valence-corrected chi connectivity index (χ2v) is 5.70. The van der Waals surface area contributed by atoms with Crippen molar-refractivity contribution in [2.75, 3.05) is 6.54 Å². The Balaban J connectivity index is 2.52. The monoisotopic (exact) mass is 264 g/mol. The van der Waals surface area contributed by atoms with Gasteiger partial charge in [-0.1, -0.05) is 44.2 Å². The van der Waals surface area contributed by atoms with Gasteiger partial charge in [-0.05, 0) is 24.8 Å². The first-order valence-corrected chi connectivity index (χ1v) is 6.62. The van der Waals surface area contributed by atoms with Crippen LogP contribution in [0.15, 0.2) is 30.3 Å². The van der Waals surface area contributed by atoms with Crippen molar-refractivity contribution in [2.24, 2.45) is 11.7 Å². The highest BCUT2D eigenvalue weighted by Gasteiger charge is 2.24. The summed E-state index contributed by atoms with van der Waals surface area (Å²) in [7, 11) is 0. The second-order valence-electron chi connectivity index (χ2n) is 5.70. The third kappa shape index (κ3) is 5.41. The fourth-order valence-corrected chi connectivity index (χ4v) is 2.15. The van der Waals surface area contributed by atoms with E-state index < -0.39 is 11.6 Å². The molecule has 0 aliphatic rings. The van der Waals surface area contributed by atoms with E-state index >= 15 is 0 Å². The van der Waals surface area contributed by atoms with Gasteiger partial charge in [0.2, 0.25) is 5.91 Å². The van der Waals surface area contributed by atoms with E-state index in [2.05, 4.69) is 5.32 Å². The predicted octanol–water partition coefficient (Wildman–Crippen LogP) is 1.60. The van der Waals surface area contributed by atoms with E-state index in [1.165, 1.54) is 0 Å². The molecule has 2 atom stereocenters. The van der Waals surface area contributed by atoms with E-state index in [-0.39, 0.29) is 12.5 Å². The average Bonchev–Trinajstić information content (AvgIpc) is 2.34. The molecule has 4 nitrogen and oxygen atoms in total. The first-order valence-electron chi connectivity index (χ1n) is 6.62. The number of nitrogens with two attached hydrogens (primary N) is 1. The molecule has 0 heterocycles. The smallest absolute Gasteiger partial charge is 0.241 e. The number of benzene rings is 1. The van der Waals surface area contributed by atoms with Crippen LogP contribution >= 0.6 is 0 Å². The molecule has 1 unspecified atom stereocenters. The lowest BCUT2D eigenvalue weighted by Gasteiger charge is -2.26. The highest BCUT2D eigenvalue weighted by atomic mass is 16.3. The molecule has 0 radical (unpaired) electrons. The minimum atomic E-state index is -0.903. The summed E-state index contributed by atoms with van der Waals surface area (Å²) in [5.41, 5.74) is 5.74. The number of carbonyl (C=O) groups excluding carboxylic acids is 1. The largest absolute Gasteiger partial charge is 0.388 e. The highest BCUT2D eigenvalue weighted by Crippen LogP contribution is 2.16. The van der Waals surface area contributed by atoms with Crippen molar-refractivity contribution in [1.29, 1.82) is 0 Å². The molecule has 4 N–H and O–H groups in total. The number of rotatable bonds is 6. The molecule has 1 aromatic rings. The van der Waals surface area contributed by atoms with Gasteiger partial charge in [-0.15, -0.1) is 0 Å². The van der Waals surface area contributed by atoms with Crippen LogP contribution in [0.1, 0.15) is 38.8 Å².